The molecule has 116 valence electrons. The normalized spacial score (nSPS) is 10.9. The summed E-state index contributed by atoms with van der Waals surface area (Å²) < 4.78 is 13.4. The van der Waals surface area contributed by atoms with Crippen molar-refractivity contribution >= 4 is 34.3 Å². The highest BCUT2D eigenvalue weighted by Crippen LogP contribution is 2.26. The molecule has 0 aliphatic rings. The van der Waals surface area contributed by atoms with Gasteiger partial charge in [-0.3, -0.25) is 4.79 Å². The van der Waals surface area contributed by atoms with Crippen LogP contribution in [0.15, 0.2) is 42.5 Å². The molecule has 0 fully saturated rings. The molecule has 0 radical (unpaired) electrons. The molecule has 3 rings (SSSR count). The predicted octanol–water partition coefficient (Wildman–Crippen LogP) is 2.48. The van der Waals surface area contributed by atoms with Crippen LogP contribution in [0.3, 0.4) is 0 Å². The van der Waals surface area contributed by atoms with Gasteiger partial charge in [0.05, 0.1) is 5.69 Å². The third kappa shape index (κ3) is 2.96. The van der Waals surface area contributed by atoms with Crippen LogP contribution in [0.1, 0.15) is 21.6 Å². The summed E-state index contributed by atoms with van der Waals surface area (Å²) in [6, 6.07) is 10.1. The van der Waals surface area contributed by atoms with Gasteiger partial charge in [-0.25, -0.2) is 4.39 Å². The standard InChI is InChI=1S/C17H11ClFNO3/c18-10-3-1-9(2-4-10)17(23)16-13(8-15(21)22)12-6-5-11(19)7-14(12)20-16/h1-7,20H,8H2,(H,21,22)/p-1. The van der Waals surface area contributed by atoms with Crippen LogP contribution in [0.25, 0.3) is 10.9 Å². The molecule has 0 saturated heterocycles. The average molecular weight is 331 g/mol. The largest absolute Gasteiger partial charge is 0.550 e. The lowest BCUT2D eigenvalue weighted by Crippen LogP contribution is -2.25. The van der Waals surface area contributed by atoms with Crippen LogP contribution < -0.4 is 5.11 Å². The highest BCUT2D eigenvalue weighted by Gasteiger charge is 2.19. The Morgan fingerprint density at radius 2 is 1.83 bits per heavy atom. The number of hydrogen-bond acceptors (Lipinski definition) is 3. The zero-order chi connectivity index (χ0) is 16.6. The van der Waals surface area contributed by atoms with Crippen LogP contribution in [0.4, 0.5) is 4.39 Å². The van der Waals surface area contributed by atoms with E-state index >= 15 is 0 Å². The number of ketones is 1. The van der Waals surface area contributed by atoms with E-state index < -0.39 is 24.0 Å². The van der Waals surface area contributed by atoms with Gasteiger partial charge in [0, 0.05) is 33.9 Å². The molecule has 3 aromatic rings. The van der Waals surface area contributed by atoms with Gasteiger partial charge in [-0.2, -0.15) is 0 Å². The summed E-state index contributed by atoms with van der Waals surface area (Å²) in [6.45, 7) is 0. The van der Waals surface area contributed by atoms with Gasteiger partial charge >= 0.3 is 0 Å². The van der Waals surface area contributed by atoms with Crippen LogP contribution in [0, 0.1) is 5.82 Å². The van der Waals surface area contributed by atoms with Gasteiger partial charge in [0.1, 0.15) is 5.82 Å². The second kappa shape index (κ2) is 5.85. The number of fused-ring (bicyclic) bond motifs is 1. The van der Waals surface area contributed by atoms with Gasteiger partial charge in [-0.05, 0) is 48.0 Å². The first-order valence-electron chi connectivity index (χ1n) is 6.76. The first-order chi connectivity index (χ1) is 11.0. The molecule has 0 spiro atoms. The van der Waals surface area contributed by atoms with E-state index in [2.05, 4.69) is 4.98 Å². The minimum atomic E-state index is -1.32. The molecule has 0 bridgehead atoms. The fourth-order valence-electron chi connectivity index (χ4n) is 2.50. The monoisotopic (exact) mass is 330 g/mol. The topological polar surface area (TPSA) is 73.0 Å². The number of carboxylic acids is 1. The van der Waals surface area contributed by atoms with Gasteiger partial charge in [0.25, 0.3) is 0 Å². The summed E-state index contributed by atoms with van der Waals surface area (Å²) >= 11 is 5.80. The number of aliphatic carboxylic acids is 1. The zero-order valence-corrected chi connectivity index (χ0v) is 12.5. The molecule has 0 atom stereocenters. The Hall–Kier alpha value is -2.66. The Labute approximate surface area is 135 Å². The summed E-state index contributed by atoms with van der Waals surface area (Å²) in [5.74, 6) is -2.20. The second-order valence-corrected chi connectivity index (χ2v) is 5.49. The smallest absolute Gasteiger partial charge is 0.209 e. The van der Waals surface area contributed by atoms with Crippen LogP contribution in [-0.2, 0) is 11.2 Å². The Morgan fingerprint density at radius 3 is 2.48 bits per heavy atom. The maximum Gasteiger partial charge on any atom is 0.209 e. The Balaban J connectivity index is 2.16. The Morgan fingerprint density at radius 1 is 1.13 bits per heavy atom. The van der Waals surface area contributed by atoms with Gasteiger partial charge < -0.3 is 14.9 Å². The van der Waals surface area contributed by atoms with Crippen molar-refractivity contribution in [2.75, 3.05) is 0 Å². The quantitative estimate of drug-likeness (QED) is 0.747. The van der Waals surface area contributed by atoms with E-state index in [4.69, 9.17) is 11.6 Å². The van der Waals surface area contributed by atoms with Crippen LogP contribution in [-0.4, -0.2) is 16.7 Å². The molecule has 1 aromatic heterocycles. The van der Waals surface area contributed by atoms with Gasteiger partial charge in [0.15, 0.2) is 0 Å². The maximum atomic E-state index is 13.4. The van der Waals surface area contributed by atoms with Crippen molar-refractivity contribution in [3.63, 3.8) is 0 Å². The van der Waals surface area contributed by atoms with E-state index in [0.29, 0.717) is 21.5 Å². The van der Waals surface area contributed by atoms with Crippen molar-refractivity contribution in [1.29, 1.82) is 0 Å². The maximum absolute atomic E-state index is 13.4. The van der Waals surface area contributed by atoms with E-state index in [1.54, 1.807) is 24.3 Å². The highest BCUT2D eigenvalue weighted by atomic mass is 35.5. The fourth-order valence-corrected chi connectivity index (χ4v) is 2.62. The Kier molecular flexibility index (Phi) is 3.88. The summed E-state index contributed by atoms with van der Waals surface area (Å²) in [4.78, 5) is 26.4. The minimum absolute atomic E-state index is 0.108. The molecular weight excluding hydrogens is 321 g/mol. The number of carbonyl (C=O) groups excluding carboxylic acids is 2. The van der Waals surface area contributed by atoms with Crippen molar-refractivity contribution in [1.82, 2.24) is 4.98 Å². The summed E-state index contributed by atoms with van der Waals surface area (Å²) in [6.07, 6.45) is -0.444. The molecule has 23 heavy (non-hydrogen) atoms. The highest BCUT2D eigenvalue weighted by molar-refractivity contribution is 6.30. The summed E-state index contributed by atoms with van der Waals surface area (Å²) in [5, 5.41) is 12.0. The van der Waals surface area contributed by atoms with E-state index in [9.17, 15) is 19.1 Å². The second-order valence-electron chi connectivity index (χ2n) is 5.05. The van der Waals surface area contributed by atoms with Crippen LogP contribution in [0.2, 0.25) is 5.02 Å². The molecule has 1 heterocycles. The number of aromatic amines is 1. The minimum Gasteiger partial charge on any atom is -0.550 e. The van der Waals surface area contributed by atoms with Crippen molar-refractivity contribution in [3.05, 3.63) is 70.1 Å². The molecule has 6 heteroatoms. The van der Waals surface area contributed by atoms with Crippen molar-refractivity contribution in [2.45, 2.75) is 6.42 Å². The molecule has 0 unspecified atom stereocenters. The lowest BCUT2D eigenvalue weighted by molar-refractivity contribution is -0.304. The van der Waals surface area contributed by atoms with Gasteiger partial charge in [-0.15, -0.1) is 0 Å². The molecule has 0 aliphatic heterocycles. The van der Waals surface area contributed by atoms with E-state index in [0.717, 1.165) is 0 Å². The number of benzene rings is 2. The van der Waals surface area contributed by atoms with Crippen LogP contribution in [0.5, 0.6) is 0 Å². The number of hydrogen-bond donors (Lipinski definition) is 1. The number of rotatable bonds is 4. The summed E-state index contributed by atoms with van der Waals surface area (Å²) in [7, 11) is 0. The predicted molar refractivity (Wildman–Crippen MR) is 81.9 cm³/mol. The first kappa shape index (κ1) is 15.2. The molecule has 0 saturated carbocycles. The molecular formula is C17H10ClFNO3-. The number of halogens is 2. The molecule has 4 nitrogen and oxygen atoms in total. The van der Waals surface area contributed by atoms with E-state index in [1.165, 1.54) is 18.2 Å². The molecule has 1 N–H and O–H groups in total. The molecule has 0 amide bonds. The number of carboxylic acid groups (broad SMARTS) is 1. The van der Waals surface area contributed by atoms with Crippen molar-refractivity contribution in [2.24, 2.45) is 0 Å². The SMILES string of the molecule is O=C([O-])Cc1c(C(=O)c2ccc(Cl)cc2)[nH]c2cc(F)ccc12. The lowest BCUT2D eigenvalue weighted by atomic mass is 10.0. The number of aromatic nitrogens is 1. The lowest BCUT2D eigenvalue weighted by Gasteiger charge is -2.05. The zero-order valence-electron chi connectivity index (χ0n) is 11.7. The van der Waals surface area contributed by atoms with Crippen molar-refractivity contribution in [3.8, 4) is 0 Å². The van der Waals surface area contributed by atoms with Crippen LogP contribution >= 0.6 is 11.6 Å². The first-order valence-corrected chi connectivity index (χ1v) is 7.13. The number of carbonyl (C=O) groups is 2. The molecule has 2 aromatic carbocycles. The van der Waals surface area contributed by atoms with Crippen molar-refractivity contribution < 1.29 is 19.1 Å². The molecule has 0 aliphatic carbocycles. The summed E-state index contributed by atoms with van der Waals surface area (Å²) in [5.41, 5.74) is 1.09. The van der Waals surface area contributed by atoms with E-state index in [-0.39, 0.29) is 11.3 Å². The average Bonchev–Trinajstić information content (AvgIpc) is 2.84. The Bertz CT molecular complexity index is 915. The number of H-pyrrole nitrogens is 1. The van der Waals surface area contributed by atoms with Gasteiger partial charge in [-0.1, -0.05) is 11.6 Å². The van der Waals surface area contributed by atoms with E-state index in [1.807, 2.05) is 0 Å². The number of nitrogens with one attached hydrogen (secondary N) is 1. The van der Waals surface area contributed by atoms with Gasteiger partial charge in [0.2, 0.25) is 5.78 Å². The third-order valence-corrected chi connectivity index (χ3v) is 3.77. The fraction of sp³-hybridized carbons (Fsp3) is 0.0588. The third-order valence-electron chi connectivity index (χ3n) is 3.52.